The SMILES string of the molecule is CC1CC2OC3C(=O)OC4CC13C2(O)C1(C)COC(=O)C41O. The molecule has 8 atom stereocenters. The van der Waals surface area contributed by atoms with Gasteiger partial charge in [-0.1, -0.05) is 6.92 Å². The summed E-state index contributed by atoms with van der Waals surface area (Å²) in [5, 5.41) is 22.8. The molecular formula is C15H18O7. The molecule has 8 unspecified atom stereocenters. The zero-order valence-corrected chi connectivity index (χ0v) is 12.4. The summed E-state index contributed by atoms with van der Waals surface area (Å²) in [7, 11) is 0. The fourth-order valence-electron chi connectivity index (χ4n) is 6.20. The van der Waals surface area contributed by atoms with E-state index >= 15 is 0 Å². The Bertz CT molecular complexity index is 633. The van der Waals surface area contributed by atoms with Crippen LogP contribution in [0.1, 0.15) is 26.7 Å². The summed E-state index contributed by atoms with van der Waals surface area (Å²) in [5.74, 6) is -1.39. The molecule has 0 radical (unpaired) electrons. The molecule has 22 heavy (non-hydrogen) atoms. The molecule has 2 N–H and O–H groups in total. The van der Waals surface area contributed by atoms with Crippen LogP contribution in [0.3, 0.4) is 0 Å². The lowest BCUT2D eigenvalue weighted by Crippen LogP contribution is -2.79. The molecule has 3 heterocycles. The molecule has 2 saturated carbocycles. The number of carbonyl (C=O) groups excluding carboxylic acids is 2. The Hall–Kier alpha value is -1.18. The van der Waals surface area contributed by atoms with Crippen LogP contribution in [-0.4, -0.2) is 58.3 Å². The van der Waals surface area contributed by atoms with Crippen LogP contribution in [-0.2, 0) is 23.8 Å². The van der Waals surface area contributed by atoms with E-state index in [2.05, 4.69) is 0 Å². The van der Waals surface area contributed by atoms with Crippen LogP contribution in [0, 0.1) is 16.7 Å². The average molecular weight is 310 g/mol. The predicted octanol–water partition coefficient (Wildman–Crippen LogP) is -0.866. The van der Waals surface area contributed by atoms with Gasteiger partial charge in [0, 0.05) is 5.41 Å². The summed E-state index contributed by atoms with van der Waals surface area (Å²) in [6, 6.07) is 0. The number of carbonyl (C=O) groups is 2. The highest BCUT2D eigenvalue weighted by atomic mass is 16.6. The lowest BCUT2D eigenvalue weighted by molar-refractivity contribution is -0.292. The average Bonchev–Trinajstić information content (AvgIpc) is 2.96. The fourth-order valence-corrected chi connectivity index (χ4v) is 6.20. The van der Waals surface area contributed by atoms with Gasteiger partial charge in [-0.25, -0.2) is 9.59 Å². The summed E-state index contributed by atoms with van der Waals surface area (Å²) in [5.41, 5.74) is -5.60. The van der Waals surface area contributed by atoms with Crippen LogP contribution >= 0.6 is 0 Å². The maximum atomic E-state index is 12.4. The van der Waals surface area contributed by atoms with E-state index < -0.39 is 52.3 Å². The van der Waals surface area contributed by atoms with Crippen molar-refractivity contribution in [2.24, 2.45) is 16.7 Å². The van der Waals surface area contributed by atoms with Crippen molar-refractivity contribution in [3.8, 4) is 0 Å². The number of aliphatic hydroxyl groups is 2. The van der Waals surface area contributed by atoms with E-state index in [1.807, 2.05) is 6.92 Å². The minimum absolute atomic E-state index is 0.0358. The van der Waals surface area contributed by atoms with Crippen molar-refractivity contribution in [2.45, 2.75) is 56.2 Å². The summed E-state index contributed by atoms with van der Waals surface area (Å²) < 4.78 is 16.3. The molecule has 7 nitrogen and oxygen atoms in total. The van der Waals surface area contributed by atoms with Gasteiger partial charge in [-0.15, -0.1) is 0 Å². The Balaban J connectivity index is 1.85. The number of rotatable bonds is 0. The molecular weight excluding hydrogens is 292 g/mol. The van der Waals surface area contributed by atoms with Crippen LogP contribution in [0.4, 0.5) is 0 Å². The lowest BCUT2D eigenvalue weighted by Gasteiger charge is -2.61. The summed E-state index contributed by atoms with van der Waals surface area (Å²) in [6.45, 7) is 3.53. The molecule has 7 heteroatoms. The van der Waals surface area contributed by atoms with Gasteiger partial charge in [0.15, 0.2) is 6.10 Å². The molecule has 1 spiro atoms. The highest BCUT2D eigenvalue weighted by Crippen LogP contribution is 2.75. The third-order valence-corrected chi connectivity index (χ3v) is 7.34. The molecule has 0 aromatic heterocycles. The normalized spacial score (nSPS) is 64.4. The van der Waals surface area contributed by atoms with Crippen LogP contribution in [0.25, 0.3) is 0 Å². The first kappa shape index (κ1) is 13.3. The van der Waals surface area contributed by atoms with Gasteiger partial charge in [0.25, 0.3) is 0 Å². The smallest absolute Gasteiger partial charge is 0.342 e. The summed E-state index contributed by atoms with van der Waals surface area (Å²) >= 11 is 0. The Morgan fingerprint density at radius 3 is 2.68 bits per heavy atom. The highest BCUT2D eigenvalue weighted by Gasteiger charge is 2.91. The van der Waals surface area contributed by atoms with E-state index in [4.69, 9.17) is 14.2 Å². The third-order valence-electron chi connectivity index (χ3n) is 7.34. The summed E-state index contributed by atoms with van der Waals surface area (Å²) in [4.78, 5) is 24.6. The van der Waals surface area contributed by atoms with E-state index in [9.17, 15) is 19.8 Å². The predicted molar refractivity (Wildman–Crippen MR) is 68.3 cm³/mol. The third kappa shape index (κ3) is 0.871. The Morgan fingerprint density at radius 2 is 1.95 bits per heavy atom. The number of hydrogen-bond donors (Lipinski definition) is 2. The van der Waals surface area contributed by atoms with E-state index in [-0.39, 0.29) is 18.9 Å². The van der Waals surface area contributed by atoms with Crippen molar-refractivity contribution >= 4 is 11.9 Å². The fraction of sp³-hybridized carbons (Fsp3) is 0.867. The molecule has 5 fully saturated rings. The number of hydrogen-bond acceptors (Lipinski definition) is 7. The van der Waals surface area contributed by atoms with Crippen LogP contribution < -0.4 is 0 Å². The number of ether oxygens (including phenoxy) is 3. The van der Waals surface area contributed by atoms with Crippen molar-refractivity contribution in [1.82, 2.24) is 0 Å². The van der Waals surface area contributed by atoms with E-state index in [1.165, 1.54) is 0 Å². The maximum absolute atomic E-state index is 12.4. The van der Waals surface area contributed by atoms with Gasteiger partial charge in [0.05, 0.1) is 11.5 Å². The highest BCUT2D eigenvalue weighted by molar-refractivity contribution is 5.88. The van der Waals surface area contributed by atoms with Crippen LogP contribution in [0.15, 0.2) is 0 Å². The number of fused-ring (bicyclic) bond motifs is 3. The van der Waals surface area contributed by atoms with Crippen LogP contribution in [0.2, 0.25) is 0 Å². The molecule has 2 aliphatic carbocycles. The monoisotopic (exact) mass is 310 g/mol. The lowest BCUT2D eigenvalue weighted by atomic mass is 9.45. The first-order valence-corrected chi connectivity index (χ1v) is 7.71. The standard InChI is InChI=1S/C15H18O7/c1-6-3-7-15(19)12(2)5-20-11(17)14(12,18)8-4-13(6,15)9(21-7)10(16)22-8/h6-9,18-19H,3-5H2,1-2H3. The van der Waals surface area contributed by atoms with Gasteiger partial charge in [0.1, 0.15) is 18.3 Å². The second-order valence-corrected chi connectivity index (χ2v) is 7.75. The molecule has 0 aromatic rings. The molecule has 3 saturated heterocycles. The van der Waals surface area contributed by atoms with Crippen molar-refractivity contribution < 1.29 is 34.0 Å². The second-order valence-electron chi connectivity index (χ2n) is 7.75. The van der Waals surface area contributed by atoms with Gasteiger partial charge in [-0.05, 0) is 25.7 Å². The first-order chi connectivity index (χ1) is 10.2. The number of esters is 2. The van der Waals surface area contributed by atoms with E-state index in [1.54, 1.807) is 6.92 Å². The Kier molecular flexibility index (Phi) is 1.93. The van der Waals surface area contributed by atoms with Crippen molar-refractivity contribution in [1.29, 1.82) is 0 Å². The second kappa shape index (κ2) is 3.20. The van der Waals surface area contributed by atoms with Gasteiger partial charge in [-0.2, -0.15) is 0 Å². The zero-order chi connectivity index (χ0) is 15.7. The maximum Gasteiger partial charge on any atom is 0.342 e. The Morgan fingerprint density at radius 1 is 1.23 bits per heavy atom. The first-order valence-electron chi connectivity index (χ1n) is 7.71. The van der Waals surface area contributed by atoms with Gasteiger partial charge in [0.2, 0.25) is 5.60 Å². The van der Waals surface area contributed by atoms with Gasteiger partial charge < -0.3 is 24.4 Å². The largest absolute Gasteiger partial charge is 0.463 e. The van der Waals surface area contributed by atoms with E-state index in [0.717, 1.165) is 0 Å². The van der Waals surface area contributed by atoms with Crippen LogP contribution in [0.5, 0.6) is 0 Å². The van der Waals surface area contributed by atoms with Gasteiger partial charge >= 0.3 is 11.9 Å². The van der Waals surface area contributed by atoms with E-state index in [0.29, 0.717) is 6.42 Å². The topological polar surface area (TPSA) is 102 Å². The molecule has 120 valence electrons. The van der Waals surface area contributed by atoms with Crippen molar-refractivity contribution in [3.63, 3.8) is 0 Å². The van der Waals surface area contributed by atoms with Gasteiger partial charge in [-0.3, -0.25) is 0 Å². The molecule has 3 aliphatic heterocycles. The molecule has 3 bridgehead atoms. The Labute approximate surface area is 126 Å². The number of cyclic esters (lactones) is 1. The molecule has 5 rings (SSSR count). The minimum atomic E-state index is -2.03. The zero-order valence-electron chi connectivity index (χ0n) is 12.4. The van der Waals surface area contributed by atoms with Crippen molar-refractivity contribution in [2.75, 3.05) is 6.61 Å². The molecule has 5 aliphatic rings. The quantitative estimate of drug-likeness (QED) is 0.561. The minimum Gasteiger partial charge on any atom is -0.463 e. The molecule has 0 aromatic carbocycles. The van der Waals surface area contributed by atoms with Crippen molar-refractivity contribution in [3.05, 3.63) is 0 Å². The molecule has 0 amide bonds. The summed E-state index contributed by atoms with van der Waals surface area (Å²) in [6.07, 6.45) is -1.63.